The molecule has 0 radical (unpaired) electrons. The van der Waals surface area contributed by atoms with Crippen LogP contribution in [0.5, 0.6) is 11.5 Å². The van der Waals surface area contributed by atoms with E-state index >= 15 is 0 Å². The summed E-state index contributed by atoms with van der Waals surface area (Å²) in [7, 11) is -3.53. The molecule has 1 rings (SSSR count). The van der Waals surface area contributed by atoms with Crippen LogP contribution in [0.3, 0.4) is 0 Å². The van der Waals surface area contributed by atoms with Crippen molar-refractivity contribution in [2.75, 3.05) is 12.3 Å². The molecule has 0 unspecified atom stereocenters. The van der Waals surface area contributed by atoms with Crippen LogP contribution in [0.15, 0.2) is 18.2 Å². The first-order chi connectivity index (χ1) is 9.69. The molecular formula is C12H19N3O5S. The van der Waals surface area contributed by atoms with Crippen LogP contribution < -0.4 is 16.2 Å². The zero-order valence-corrected chi connectivity index (χ0v) is 12.1. The van der Waals surface area contributed by atoms with Gasteiger partial charge in [0.25, 0.3) is 0 Å². The maximum Gasteiger partial charge on any atom is 0.237 e. The zero-order valence-electron chi connectivity index (χ0n) is 11.3. The Hall–Kier alpha value is -1.84. The van der Waals surface area contributed by atoms with Gasteiger partial charge < -0.3 is 21.3 Å². The molecule has 0 aliphatic carbocycles. The monoisotopic (exact) mass is 317 g/mol. The quantitative estimate of drug-likeness (QED) is 0.313. The molecule has 1 atom stereocenters. The van der Waals surface area contributed by atoms with Gasteiger partial charge in [-0.15, -0.1) is 0 Å². The number of hydrogen-bond acceptors (Lipinski definition) is 6. The van der Waals surface area contributed by atoms with Gasteiger partial charge in [0, 0.05) is 6.54 Å². The van der Waals surface area contributed by atoms with E-state index in [-0.39, 0.29) is 36.6 Å². The van der Waals surface area contributed by atoms with E-state index in [1.165, 1.54) is 12.1 Å². The Morgan fingerprint density at radius 3 is 2.52 bits per heavy atom. The third kappa shape index (κ3) is 6.43. The Morgan fingerprint density at radius 1 is 1.29 bits per heavy atom. The molecule has 21 heavy (non-hydrogen) atoms. The second kappa shape index (κ2) is 7.25. The average Bonchev–Trinajstić information content (AvgIpc) is 2.37. The van der Waals surface area contributed by atoms with Crippen LogP contribution in [-0.4, -0.2) is 42.9 Å². The average molecular weight is 317 g/mol. The summed E-state index contributed by atoms with van der Waals surface area (Å²) in [6.07, 6.45) is 0.381. The minimum absolute atomic E-state index is 0.157. The van der Waals surface area contributed by atoms with Crippen molar-refractivity contribution in [3.63, 3.8) is 0 Å². The number of nitrogens with two attached hydrogens (primary N) is 2. The molecule has 0 aliphatic heterocycles. The standard InChI is InChI=1S/C12H19N3O5S/c13-9(6-8-2-3-10(16)11(17)7-8)12(18)15-4-1-5-21(14,19)20/h2-3,7,9,16-17H,1,4-6,13H2,(H,15,18)(H2,14,19,20)/t9-/m0/s1. The molecule has 1 amide bonds. The molecule has 0 heterocycles. The first-order valence-electron chi connectivity index (χ1n) is 6.23. The second-order valence-corrected chi connectivity index (χ2v) is 6.38. The number of benzene rings is 1. The number of carbonyl (C=O) groups is 1. The fourth-order valence-corrected chi connectivity index (χ4v) is 2.21. The number of primary sulfonamides is 1. The molecule has 9 heteroatoms. The van der Waals surface area contributed by atoms with Crippen molar-refractivity contribution in [3.05, 3.63) is 23.8 Å². The number of amides is 1. The Balaban J connectivity index is 2.42. The van der Waals surface area contributed by atoms with Gasteiger partial charge in [-0.25, -0.2) is 13.6 Å². The van der Waals surface area contributed by atoms with Crippen LogP contribution >= 0.6 is 0 Å². The fourth-order valence-electron chi connectivity index (χ4n) is 1.66. The van der Waals surface area contributed by atoms with Crippen molar-refractivity contribution >= 4 is 15.9 Å². The Morgan fingerprint density at radius 2 is 1.95 bits per heavy atom. The minimum atomic E-state index is -3.53. The lowest BCUT2D eigenvalue weighted by atomic mass is 10.1. The van der Waals surface area contributed by atoms with E-state index in [1.807, 2.05) is 0 Å². The van der Waals surface area contributed by atoms with Crippen molar-refractivity contribution in [1.29, 1.82) is 0 Å². The summed E-state index contributed by atoms with van der Waals surface area (Å²) in [6.45, 7) is 0.157. The van der Waals surface area contributed by atoms with Crippen LogP contribution in [0.1, 0.15) is 12.0 Å². The van der Waals surface area contributed by atoms with Crippen molar-refractivity contribution < 1.29 is 23.4 Å². The van der Waals surface area contributed by atoms with E-state index in [1.54, 1.807) is 6.07 Å². The summed E-state index contributed by atoms with van der Waals surface area (Å²) in [5.74, 6) is -1.18. The molecule has 1 aromatic rings. The van der Waals surface area contributed by atoms with Crippen molar-refractivity contribution in [2.24, 2.45) is 10.9 Å². The van der Waals surface area contributed by atoms with E-state index in [9.17, 15) is 23.4 Å². The highest BCUT2D eigenvalue weighted by Crippen LogP contribution is 2.25. The Labute approximate surface area is 122 Å². The van der Waals surface area contributed by atoms with E-state index in [4.69, 9.17) is 10.9 Å². The molecule has 7 N–H and O–H groups in total. The molecule has 1 aromatic carbocycles. The van der Waals surface area contributed by atoms with Crippen LogP contribution in [0, 0.1) is 0 Å². The normalized spacial score (nSPS) is 12.9. The third-order valence-corrected chi connectivity index (χ3v) is 3.59. The first-order valence-corrected chi connectivity index (χ1v) is 7.95. The minimum Gasteiger partial charge on any atom is -0.504 e. The van der Waals surface area contributed by atoms with Crippen LogP contribution in [0.4, 0.5) is 0 Å². The molecular weight excluding hydrogens is 298 g/mol. The van der Waals surface area contributed by atoms with E-state index in [0.717, 1.165) is 0 Å². The third-order valence-electron chi connectivity index (χ3n) is 2.74. The molecule has 0 fully saturated rings. The fraction of sp³-hybridized carbons (Fsp3) is 0.417. The summed E-state index contributed by atoms with van der Waals surface area (Å²) in [5.41, 5.74) is 6.30. The Kier molecular flexibility index (Phi) is 5.94. The lowest BCUT2D eigenvalue weighted by Gasteiger charge is -2.12. The number of hydrogen-bond donors (Lipinski definition) is 5. The molecule has 0 saturated heterocycles. The molecule has 0 aromatic heterocycles. The smallest absolute Gasteiger partial charge is 0.237 e. The number of phenols is 2. The van der Waals surface area contributed by atoms with Crippen molar-refractivity contribution in [3.8, 4) is 11.5 Å². The number of aromatic hydroxyl groups is 2. The number of phenolic OH excluding ortho intramolecular Hbond substituents is 2. The molecule has 0 aliphatic rings. The van der Waals surface area contributed by atoms with Gasteiger partial charge in [0.2, 0.25) is 15.9 Å². The van der Waals surface area contributed by atoms with Gasteiger partial charge >= 0.3 is 0 Å². The molecule has 0 saturated carbocycles. The predicted octanol–water partition coefficient (Wildman–Crippen LogP) is -1.24. The predicted molar refractivity (Wildman–Crippen MR) is 77.1 cm³/mol. The van der Waals surface area contributed by atoms with Crippen molar-refractivity contribution in [2.45, 2.75) is 18.9 Å². The Bertz CT molecular complexity index is 603. The van der Waals surface area contributed by atoms with Gasteiger partial charge in [0.1, 0.15) is 0 Å². The SMILES string of the molecule is N[C@@H](Cc1ccc(O)c(O)c1)C(=O)NCCCS(N)(=O)=O. The molecule has 8 nitrogen and oxygen atoms in total. The van der Waals surface area contributed by atoms with Gasteiger partial charge in [0.05, 0.1) is 11.8 Å². The van der Waals surface area contributed by atoms with Gasteiger partial charge in [0.15, 0.2) is 11.5 Å². The summed E-state index contributed by atoms with van der Waals surface area (Å²) in [6, 6.07) is 3.33. The first kappa shape index (κ1) is 17.2. The number of sulfonamides is 1. The van der Waals surface area contributed by atoms with Gasteiger partial charge in [-0.3, -0.25) is 4.79 Å². The largest absolute Gasteiger partial charge is 0.504 e. The maximum atomic E-state index is 11.7. The lowest BCUT2D eigenvalue weighted by molar-refractivity contribution is -0.122. The zero-order chi connectivity index (χ0) is 16.0. The molecule has 0 bridgehead atoms. The van der Waals surface area contributed by atoms with Crippen LogP contribution in [0.2, 0.25) is 0 Å². The lowest BCUT2D eigenvalue weighted by Crippen LogP contribution is -2.42. The number of rotatable bonds is 7. The topological polar surface area (TPSA) is 156 Å². The van der Waals surface area contributed by atoms with Gasteiger partial charge in [-0.1, -0.05) is 6.07 Å². The van der Waals surface area contributed by atoms with Gasteiger partial charge in [-0.05, 0) is 30.5 Å². The summed E-state index contributed by atoms with van der Waals surface area (Å²) in [5, 5.41) is 25.9. The van der Waals surface area contributed by atoms with Gasteiger partial charge in [-0.2, -0.15) is 0 Å². The maximum absolute atomic E-state index is 11.7. The van der Waals surface area contributed by atoms with Crippen LogP contribution in [0.25, 0.3) is 0 Å². The number of nitrogens with one attached hydrogen (secondary N) is 1. The second-order valence-electron chi connectivity index (χ2n) is 4.65. The van der Waals surface area contributed by atoms with E-state index < -0.39 is 22.0 Å². The van der Waals surface area contributed by atoms with E-state index in [0.29, 0.717) is 5.56 Å². The summed E-state index contributed by atoms with van der Waals surface area (Å²) >= 11 is 0. The van der Waals surface area contributed by atoms with E-state index in [2.05, 4.69) is 5.32 Å². The summed E-state index contributed by atoms with van der Waals surface area (Å²) < 4.78 is 21.4. The summed E-state index contributed by atoms with van der Waals surface area (Å²) in [4.78, 5) is 11.7. The number of carbonyl (C=O) groups excluding carboxylic acids is 1. The highest BCUT2D eigenvalue weighted by molar-refractivity contribution is 7.89. The molecule has 118 valence electrons. The van der Waals surface area contributed by atoms with Crippen LogP contribution in [-0.2, 0) is 21.2 Å². The highest BCUT2D eigenvalue weighted by Gasteiger charge is 2.14. The molecule has 0 spiro atoms. The van der Waals surface area contributed by atoms with Crippen molar-refractivity contribution in [1.82, 2.24) is 5.32 Å². The highest BCUT2D eigenvalue weighted by atomic mass is 32.2.